The summed E-state index contributed by atoms with van der Waals surface area (Å²) in [5.74, 6) is 1.83. The van der Waals surface area contributed by atoms with Crippen molar-refractivity contribution in [2.24, 2.45) is 0 Å². The number of carbonyl (C=O) groups is 1. The monoisotopic (exact) mass is 410 g/mol. The van der Waals surface area contributed by atoms with E-state index < -0.39 is 0 Å². The van der Waals surface area contributed by atoms with Crippen molar-refractivity contribution in [2.45, 2.75) is 44.8 Å². The maximum atomic E-state index is 12.9. The molecule has 2 aromatic heterocycles. The SMILES string of the molecule is COc1cccc(OC2CCC(NC(=O)c3c(C)nn4ncccc34)CC2)c1OC. The van der Waals surface area contributed by atoms with Gasteiger partial charge < -0.3 is 19.5 Å². The van der Waals surface area contributed by atoms with Gasteiger partial charge in [0, 0.05) is 12.2 Å². The van der Waals surface area contributed by atoms with Crippen LogP contribution >= 0.6 is 0 Å². The molecule has 0 bridgehead atoms. The fraction of sp³-hybridized carbons (Fsp3) is 0.409. The molecule has 0 aliphatic heterocycles. The molecule has 1 aromatic carbocycles. The molecular weight excluding hydrogens is 384 g/mol. The van der Waals surface area contributed by atoms with Gasteiger partial charge in [-0.2, -0.15) is 14.8 Å². The van der Waals surface area contributed by atoms with Crippen LogP contribution in [0.2, 0.25) is 0 Å². The van der Waals surface area contributed by atoms with Crippen LogP contribution in [0.15, 0.2) is 36.5 Å². The van der Waals surface area contributed by atoms with Gasteiger partial charge in [0.15, 0.2) is 11.5 Å². The normalized spacial score (nSPS) is 18.8. The number of carbonyl (C=O) groups excluding carboxylic acids is 1. The Hall–Kier alpha value is -3.29. The smallest absolute Gasteiger partial charge is 0.255 e. The van der Waals surface area contributed by atoms with Gasteiger partial charge in [0.2, 0.25) is 5.75 Å². The Kier molecular flexibility index (Phi) is 5.74. The minimum atomic E-state index is -0.102. The summed E-state index contributed by atoms with van der Waals surface area (Å²) in [7, 11) is 3.21. The zero-order chi connectivity index (χ0) is 21.1. The van der Waals surface area contributed by atoms with Crippen LogP contribution in [0, 0.1) is 6.92 Å². The molecule has 0 radical (unpaired) electrons. The third kappa shape index (κ3) is 3.90. The van der Waals surface area contributed by atoms with Gasteiger partial charge in [0.25, 0.3) is 5.91 Å². The van der Waals surface area contributed by atoms with Crippen molar-refractivity contribution in [1.82, 2.24) is 20.1 Å². The molecule has 1 amide bonds. The number of nitrogens with zero attached hydrogens (tertiary/aromatic N) is 3. The number of fused-ring (bicyclic) bond motifs is 1. The molecule has 1 saturated carbocycles. The number of aromatic nitrogens is 3. The summed E-state index contributed by atoms with van der Waals surface area (Å²) >= 11 is 0. The van der Waals surface area contributed by atoms with E-state index in [1.807, 2.05) is 37.3 Å². The Morgan fingerprint density at radius 3 is 2.57 bits per heavy atom. The topological polar surface area (TPSA) is 87.0 Å². The Morgan fingerprint density at radius 1 is 1.07 bits per heavy atom. The summed E-state index contributed by atoms with van der Waals surface area (Å²) in [4.78, 5) is 12.9. The predicted octanol–water partition coefficient (Wildman–Crippen LogP) is 3.17. The number of rotatable bonds is 6. The second-order valence-electron chi connectivity index (χ2n) is 7.42. The van der Waals surface area contributed by atoms with Crippen LogP contribution in [0.1, 0.15) is 41.7 Å². The van der Waals surface area contributed by atoms with Crippen LogP contribution in [0.5, 0.6) is 17.2 Å². The van der Waals surface area contributed by atoms with E-state index in [1.54, 1.807) is 20.4 Å². The molecule has 0 atom stereocenters. The summed E-state index contributed by atoms with van der Waals surface area (Å²) in [6, 6.07) is 9.38. The first-order chi connectivity index (χ1) is 14.6. The first-order valence-electron chi connectivity index (χ1n) is 10.1. The lowest BCUT2D eigenvalue weighted by atomic mass is 9.92. The van der Waals surface area contributed by atoms with Crippen LogP contribution in [-0.4, -0.2) is 47.1 Å². The van der Waals surface area contributed by atoms with Crippen molar-refractivity contribution in [2.75, 3.05) is 14.2 Å². The number of para-hydroxylation sites is 1. The van der Waals surface area contributed by atoms with Crippen LogP contribution < -0.4 is 19.5 Å². The fourth-order valence-corrected chi connectivity index (χ4v) is 4.00. The number of hydrogen-bond acceptors (Lipinski definition) is 6. The first-order valence-corrected chi connectivity index (χ1v) is 10.1. The zero-order valence-electron chi connectivity index (χ0n) is 17.4. The van der Waals surface area contributed by atoms with E-state index in [4.69, 9.17) is 14.2 Å². The van der Waals surface area contributed by atoms with Crippen molar-refractivity contribution >= 4 is 11.4 Å². The van der Waals surface area contributed by atoms with Gasteiger partial charge in [-0.1, -0.05) is 6.07 Å². The average Bonchev–Trinajstić information content (AvgIpc) is 3.10. The largest absolute Gasteiger partial charge is 0.493 e. The van der Waals surface area contributed by atoms with Gasteiger partial charge in [-0.05, 0) is 56.9 Å². The van der Waals surface area contributed by atoms with Gasteiger partial charge in [0.1, 0.15) is 5.52 Å². The van der Waals surface area contributed by atoms with E-state index in [9.17, 15) is 4.79 Å². The molecule has 1 fully saturated rings. The van der Waals surface area contributed by atoms with Gasteiger partial charge in [-0.25, -0.2) is 0 Å². The van der Waals surface area contributed by atoms with E-state index in [2.05, 4.69) is 15.5 Å². The predicted molar refractivity (Wildman–Crippen MR) is 111 cm³/mol. The maximum absolute atomic E-state index is 12.9. The van der Waals surface area contributed by atoms with E-state index in [-0.39, 0.29) is 18.1 Å². The third-order valence-electron chi connectivity index (χ3n) is 5.49. The minimum Gasteiger partial charge on any atom is -0.493 e. The maximum Gasteiger partial charge on any atom is 0.255 e. The summed E-state index contributed by atoms with van der Waals surface area (Å²) in [6.45, 7) is 1.83. The van der Waals surface area contributed by atoms with Crippen molar-refractivity contribution in [1.29, 1.82) is 0 Å². The molecule has 1 N–H and O–H groups in total. The highest BCUT2D eigenvalue weighted by molar-refractivity contribution is 6.02. The van der Waals surface area contributed by atoms with Crippen LogP contribution in [-0.2, 0) is 0 Å². The summed E-state index contributed by atoms with van der Waals surface area (Å²) < 4.78 is 18.5. The molecule has 0 saturated heterocycles. The molecule has 1 aliphatic rings. The van der Waals surface area contributed by atoms with E-state index in [0.29, 0.717) is 28.5 Å². The van der Waals surface area contributed by atoms with Crippen LogP contribution in [0.4, 0.5) is 0 Å². The molecule has 3 aromatic rings. The van der Waals surface area contributed by atoms with Crippen LogP contribution in [0.25, 0.3) is 5.52 Å². The number of hydrogen-bond donors (Lipinski definition) is 1. The lowest BCUT2D eigenvalue weighted by Gasteiger charge is -2.30. The fourth-order valence-electron chi connectivity index (χ4n) is 4.00. The standard InChI is InChI=1S/C22H26N4O4/c1-14-20(17-6-5-13-23-26(17)25-14)22(27)24-15-9-11-16(12-10-15)30-19-8-4-7-18(28-2)21(19)29-3/h4-8,13,15-16H,9-12H2,1-3H3,(H,24,27). The van der Waals surface area contributed by atoms with Gasteiger partial charge in [0.05, 0.1) is 31.6 Å². The van der Waals surface area contributed by atoms with E-state index >= 15 is 0 Å². The Balaban J connectivity index is 1.37. The number of benzene rings is 1. The number of methoxy groups -OCH3 is 2. The van der Waals surface area contributed by atoms with Gasteiger partial charge in [-0.3, -0.25) is 4.79 Å². The Morgan fingerprint density at radius 2 is 1.83 bits per heavy atom. The molecule has 2 heterocycles. The highest BCUT2D eigenvalue weighted by Crippen LogP contribution is 2.38. The molecule has 8 nitrogen and oxygen atoms in total. The van der Waals surface area contributed by atoms with Crippen LogP contribution in [0.3, 0.4) is 0 Å². The molecule has 4 rings (SSSR count). The third-order valence-corrected chi connectivity index (χ3v) is 5.49. The van der Waals surface area contributed by atoms with Crippen molar-refractivity contribution < 1.29 is 19.0 Å². The van der Waals surface area contributed by atoms with Crippen molar-refractivity contribution in [3.8, 4) is 17.2 Å². The van der Waals surface area contributed by atoms with Crippen molar-refractivity contribution in [3.63, 3.8) is 0 Å². The zero-order valence-corrected chi connectivity index (χ0v) is 17.4. The molecule has 1 aliphatic carbocycles. The van der Waals surface area contributed by atoms with Crippen molar-refractivity contribution in [3.05, 3.63) is 47.8 Å². The molecular formula is C22H26N4O4. The summed E-state index contributed by atoms with van der Waals surface area (Å²) in [6.07, 6.45) is 5.11. The van der Waals surface area contributed by atoms with E-state index in [0.717, 1.165) is 31.2 Å². The molecule has 158 valence electrons. The summed E-state index contributed by atoms with van der Waals surface area (Å²) in [5, 5.41) is 11.6. The highest BCUT2D eigenvalue weighted by atomic mass is 16.5. The van der Waals surface area contributed by atoms with Gasteiger partial charge in [-0.15, -0.1) is 0 Å². The molecule has 30 heavy (non-hydrogen) atoms. The number of nitrogens with one attached hydrogen (secondary N) is 1. The Labute approximate surface area is 175 Å². The number of amides is 1. The second kappa shape index (κ2) is 8.61. The first kappa shape index (κ1) is 20.0. The minimum absolute atomic E-state index is 0.0714. The second-order valence-corrected chi connectivity index (χ2v) is 7.42. The highest BCUT2D eigenvalue weighted by Gasteiger charge is 2.27. The Bertz CT molecular complexity index is 1040. The summed E-state index contributed by atoms with van der Waals surface area (Å²) in [5.41, 5.74) is 1.98. The average molecular weight is 410 g/mol. The number of ether oxygens (including phenoxy) is 3. The van der Waals surface area contributed by atoms with Gasteiger partial charge >= 0.3 is 0 Å². The molecule has 8 heteroatoms. The molecule has 0 spiro atoms. The number of aryl methyl sites for hydroxylation is 1. The quantitative estimate of drug-likeness (QED) is 0.672. The lowest BCUT2D eigenvalue weighted by Crippen LogP contribution is -2.39. The molecule has 0 unspecified atom stereocenters. The van der Waals surface area contributed by atoms with E-state index in [1.165, 1.54) is 4.63 Å². The lowest BCUT2D eigenvalue weighted by molar-refractivity contribution is 0.0892.